The quantitative estimate of drug-likeness (QED) is 0.212. The number of nitrogens with zero attached hydrogens (tertiary/aromatic N) is 5. The molecule has 2 unspecified atom stereocenters. The summed E-state index contributed by atoms with van der Waals surface area (Å²) in [6.07, 6.45) is 5.19. The lowest BCUT2D eigenvalue weighted by Gasteiger charge is -2.32. The van der Waals surface area contributed by atoms with Crippen LogP contribution in [0.4, 0.5) is 5.69 Å². The number of methoxy groups -OCH3 is 1. The molecule has 2 saturated carbocycles. The van der Waals surface area contributed by atoms with Crippen molar-refractivity contribution in [3.8, 4) is 28.5 Å². The normalized spacial score (nSPS) is 22.8. The molecule has 246 valence electrons. The molecule has 3 fully saturated rings. The van der Waals surface area contributed by atoms with Gasteiger partial charge in [0.15, 0.2) is 5.82 Å². The predicted molar refractivity (Wildman–Crippen MR) is 187 cm³/mol. The van der Waals surface area contributed by atoms with Crippen LogP contribution in [0.15, 0.2) is 48.5 Å². The number of hydrogen-bond acceptors (Lipinski definition) is 5. The van der Waals surface area contributed by atoms with Crippen molar-refractivity contribution in [3.05, 3.63) is 59.7 Å². The average Bonchev–Trinajstić information content (AvgIpc) is 3.47. The van der Waals surface area contributed by atoms with Gasteiger partial charge in [0.2, 0.25) is 5.91 Å². The molecule has 48 heavy (non-hydrogen) atoms. The topological polar surface area (TPSA) is 94.3 Å². The van der Waals surface area contributed by atoms with E-state index >= 15 is 0 Å². The molecule has 9 rings (SSSR count). The zero-order chi connectivity index (χ0) is 33.1. The summed E-state index contributed by atoms with van der Waals surface area (Å²) in [5.74, 6) is 3.40. The van der Waals surface area contributed by atoms with Crippen LogP contribution in [0.3, 0.4) is 0 Å². The molecule has 3 atom stereocenters. The molecule has 1 saturated heterocycles. The fraction of sp³-hybridized carbons (Fsp3) is 0.436. The fourth-order valence-electron chi connectivity index (χ4n) is 8.81. The highest BCUT2D eigenvalue weighted by atomic mass is 16.5. The van der Waals surface area contributed by atoms with Crippen LogP contribution in [-0.2, 0) is 23.8 Å². The first-order valence-corrected chi connectivity index (χ1v) is 17.4. The van der Waals surface area contributed by atoms with Gasteiger partial charge in [-0.1, -0.05) is 26.8 Å². The van der Waals surface area contributed by atoms with Crippen LogP contribution in [0.1, 0.15) is 68.8 Å². The van der Waals surface area contributed by atoms with E-state index in [9.17, 15) is 9.59 Å². The van der Waals surface area contributed by atoms with Gasteiger partial charge in [0.1, 0.15) is 16.9 Å². The van der Waals surface area contributed by atoms with Crippen LogP contribution in [-0.4, -0.2) is 55.5 Å². The number of benzene rings is 2. The van der Waals surface area contributed by atoms with Crippen LogP contribution < -0.4 is 10.1 Å². The van der Waals surface area contributed by atoms with Gasteiger partial charge in [-0.3, -0.25) is 9.59 Å². The summed E-state index contributed by atoms with van der Waals surface area (Å²) in [7, 11) is 3.70. The van der Waals surface area contributed by atoms with Gasteiger partial charge in [-0.2, -0.15) is 0 Å². The third-order valence-corrected chi connectivity index (χ3v) is 11.7. The van der Waals surface area contributed by atoms with E-state index in [0.29, 0.717) is 41.5 Å². The van der Waals surface area contributed by atoms with Gasteiger partial charge >= 0.3 is 0 Å². The van der Waals surface area contributed by atoms with Crippen LogP contribution in [0.2, 0.25) is 0 Å². The summed E-state index contributed by atoms with van der Waals surface area (Å²) in [6.45, 7) is 8.25. The highest BCUT2D eigenvalue weighted by Gasteiger charge is 2.46. The van der Waals surface area contributed by atoms with Gasteiger partial charge in [0, 0.05) is 60.2 Å². The third kappa shape index (κ3) is 4.49. The second-order valence-electron chi connectivity index (χ2n) is 15.3. The van der Waals surface area contributed by atoms with Gasteiger partial charge < -0.3 is 24.1 Å². The highest BCUT2D eigenvalue weighted by Crippen LogP contribution is 2.44. The highest BCUT2D eigenvalue weighted by molar-refractivity contribution is 6.01. The first-order chi connectivity index (χ1) is 23.1. The summed E-state index contributed by atoms with van der Waals surface area (Å²) in [6, 6.07) is 16.8. The van der Waals surface area contributed by atoms with E-state index in [1.807, 2.05) is 31.3 Å². The van der Waals surface area contributed by atoms with E-state index in [4.69, 9.17) is 14.7 Å². The van der Waals surface area contributed by atoms with E-state index in [2.05, 4.69) is 64.4 Å². The molecule has 0 spiro atoms. The molecular weight excluding hydrogens is 600 g/mol. The largest absolute Gasteiger partial charge is 0.494 e. The number of pyridine rings is 1. The number of nitrogens with one attached hydrogen (secondary N) is 1. The number of rotatable bonds is 6. The average molecular weight is 643 g/mol. The number of carbonyl (C=O) groups excluding carboxylic acids is 2. The summed E-state index contributed by atoms with van der Waals surface area (Å²) in [5, 5.41) is 4.10. The lowest BCUT2D eigenvalue weighted by atomic mass is 9.77. The van der Waals surface area contributed by atoms with Gasteiger partial charge in [-0.25, -0.2) is 9.97 Å². The third-order valence-electron chi connectivity index (χ3n) is 11.7. The summed E-state index contributed by atoms with van der Waals surface area (Å²) >= 11 is 0. The molecule has 5 aromatic rings. The van der Waals surface area contributed by atoms with Crippen molar-refractivity contribution in [1.82, 2.24) is 24.0 Å². The summed E-state index contributed by atoms with van der Waals surface area (Å²) in [5.41, 5.74) is 7.91. The fourth-order valence-corrected chi connectivity index (χ4v) is 8.81. The predicted octanol–water partition coefficient (Wildman–Crippen LogP) is 7.17. The minimum Gasteiger partial charge on any atom is -0.494 e. The molecule has 2 bridgehead atoms. The smallest absolute Gasteiger partial charge is 0.254 e. The number of likely N-dealkylation sites (tertiary alicyclic amines) is 1. The number of hydrogen-bond donors (Lipinski definition) is 1. The number of piperidine rings is 1. The Bertz CT molecular complexity index is 2170. The molecule has 3 aromatic heterocycles. The number of ether oxygens (including phenoxy) is 1. The number of imidazole rings is 1. The van der Waals surface area contributed by atoms with E-state index in [1.165, 1.54) is 19.3 Å². The van der Waals surface area contributed by atoms with Crippen molar-refractivity contribution in [2.45, 2.75) is 70.9 Å². The molecule has 2 aromatic carbocycles. The Hall–Kier alpha value is -4.66. The maximum atomic E-state index is 13.8. The number of anilines is 1. The van der Waals surface area contributed by atoms with E-state index in [-0.39, 0.29) is 17.2 Å². The van der Waals surface area contributed by atoms with Crippen LogP contribution in [0.25, 0.3) is 44.8 Å². The zero-order valence-corrected chi connectivity index (χ0v) is 28.3. The maximum absolute atomic E-state index is 13.8. The molecule has 2 aliphatic heterocycles. The van der Waals surface area contributed by atoms with Crippen molar-refractivity contribution in [2.24, 2.45) is 24.8 Å². The van der Waals surface area contributed by atoms with Crippen molar-refractivity contribution in [3.63, 3.8) is 0 Å². The number of fused-ring (bicyclic) bond motifs is 5. The van der Waals surface area contributed by atoms with E-state index < -0.39 is 0 Å². The first kappa shape index (κ1) is 29.5. The standard InChI is InChI=1S/C39H42N6O3/c1-21-25-10-13-31(21)45(20-25)38(47)26-15-30-35(33(17-26)48-5)43(4)37(42-30)32-16-24-9-11-28(41-36(24)44(32)19-22-6-7-22)23-8-12-29-27(14-23)39(2,3)18-34(46)40-29/h8-9,11-12,14-17,21-22,25,31H,6-7,10,13,18-20H2,1-5H3,(H,40,46)/t21-,25?,31?/m1/s1. The molecule has 0 radical (unpaired) electrons. The number of amides is 2. The van der Waals surface area contributed by atoms with Crippen LogP contribution in [0.5, 0.6) is 5.75 Å². The molecule has 2 aliphatic carbocycles. The van der Waals surface area contributed by atoms with Crippen molar-refractivity contribution < 1.29 is 14.3 Å². The number of carbonyl (C=O) groups is 2. The van der Waals surface area contributed by atoms with Gasteiger partial charge in [-0.05, 0) is 91.5 Å². The van der Waals surface area contributed by atoms with Crippen LogP contribution in [0, 0.1) is 17.8 Å². The Morgan fingerprint density at radius 3 is 2.60 bits per heavy atom. The number of aromatic nitrogens is 4. The second-order valence-corrected chi connectivity index (χ2v) is 15.3. The molecule has 9 heteroatoms. The Balaban J connectivity index is 1.14. The summed E-state index contributed by atoms with van der Waals surface area (Å²) < 4.78 is 10.3. The number of aryl methyl sites for hydroxylation is 1. The zero-order valence-electron chi connectivity index (χ0n) is 28.3. The Labute approximate surface area is 280 Å². The van der Waals surface area contributed by atoms with Crippen molar-refractivity contribution in [2.75, 3.05) is 19.0 Å². The lowest BCUT2D eigenvalue weighted by Crippen LogP contribution is -2.38. The van der Waals surface area contributed by atoms with Gasteiger partial charge in [0.25, 0.3) is 5.91 Å². The van der Waals surface area contributed by atoms with Gasteiger partial charge in [-0.15, -0.1) is 0 Å². The molecule has 9 nitrogen and oxygen atoms in total. The lowest BCUT2D eigenvalue weighted by molar-refractivity contribution is -0.117. The van der Waals surface area contributed by atoms with E-state index in [1.54, 1.807) is 7.11 Å². The maximum Gasteiger partial charge on any atom is 0.254 e. The van der Waals surface area contributed by atoms with Crippen LogP contribution >= 0.6 is 0 Å². The Morgan fingerprint density at radius 1 is 1.04 bits per heavy atom. The molecular formula is C39H42N6O3. The second kappa shape index (κ2) is 10.4. The Kier molecular flexibility index (Phi) is 6.40. The minimum atomic E-state index is -0.255. The molecule has 5 heterocycles. The van der Waals surface area contributed by atoms with Crippen molar-refractivity contribution >= 4 is 39.6 Å². The Morgan fingerprint density at radius 2 is 1.88 bits per heavy atom. The monoisotopic (exact) mass is 642 g/mol. The van der Waals surface area contributed by atoms with Gasteiger partial charge in [0.05, 0.1) is 24.0 Å². The molecule has 1 N–H and O–H groups in total. The summed E-state index contributed by atoms with van der Waals surface area (Å²) in [4.78, 5) is 38.7. The minimum absolute atomic E-state index is 0.0562. The SMILES string of the molecule is COc1cc(C(=O)N2CC3CCC2[C@@H]3C)cc2nc(-c3cc4ccc(-c5ccc6c(c5)C(C)(C)CC(=O)N6)nc4n3CC3CC3)n(C)c12. The van der Waals surface area contributed by atoms with Crippen molar-refractivity contribution in [1.29, 1.82) is 0 Å². The molecule has 4 aliphatic rings. The van der Waals surface area contributed by atoms with E-state index in [0.717, 1.165) is 75.6 Å². The molecule has 2 amide bonds. The first-order valence-electron chi connectivity index (χ1n) is 17.4.